The van der Waals surface area contributed by atoms with E-state index in [0.29, 0.717) is 12.5 Å². The fourth-order valence-corrected chi connectivity index (χ4v) is 5.63. The summed E-state index contributed by atoms with van der Waals surface area (Å²) in [6.07, 6.45) is 3.36. The SMILES string of the molecule is CC1CCN(C(=O)CN2CCc3sccc3C2c2cccs2)CC1. The van der Waals surface area contributed by atoms with E-state index in [2.05, 4.69) is 45.7 Å². The second-order valence-electron chi connectivity index (χ2n) is 7.00. The zero-order valence-electron chi connectivity index (χ0n) is 14.1. The largest absolute Gasteiger partial charge is 0.342 e. The molecular weight excluding hydrogens is 336 g/mol. The van der Waals surface area contributed by atoms with E-state index in [9.17, 15) is 4.79 Å². The Kier molecular flexibility index (Phi) is 4.74. The maximum absolute atomic E-state index is 12.8. The standard InChI is InChI=1S/C19H24N2OS2/c1-14-4-8-20(9-5-14)18(22)13-21-10-6-16-15(7-12-24-16)19(21)17-3-2-11-23-17/h2-3,7,11-12,14,19H,4-6,8-10,13H2,1H3. The van der Waals surface area contributed by atoms with Gasteiger partial charge in [-0.3, -0.25) is 9.69 Å². The van der Waals surface area contributed by atoms with Crippen LogP contribution in [0.1, 0.15) is 41.1 Å². The van der Waals surface area contributed by atoms with E-state index in [-0.39, 0.29) is 6.04 Å². The molecule has 0 bridgehead atoms. The molecule has 24 heavy (non-hydrogen) atoms. The third-order valence-corrected chi connectivity index (χ3v) is 7.27. The Morgan fingerprint density at radius 2 is 2.00 bits per heavy atom. The minimum absolute atomic E-state index is 0.257. The fraction of sp³-hybridized carbons (Fsp3) is 0.526. The molecule has 0 aromatic carbocycles. The molecule has 4 rings (SSSR count). The summed E-state index contributed by atoms with van der Waals surface area (Å²) in [6, 6.07) is 6.84. The van der Waals surface area contributed by atoms with Gasteiger partial charge in [0.15, 0.2) is 0 Å². The third-order valence-electron chi connectivity index (χ3n) is 5.35. The molecule has 128 valence electrons. The number of carbonyl (C=O) groups excluding carboxylic acids is 1. The van der Waals surface area contributed by atoms with Gasteiger partial charge in [-0.05, 0) is 53.6 Å². The van der Waals surface area contributed by atoms with Gasteiger partial charge in [0.05, 0.1) is 12.6 Å². The zero-order chi connectivity index (χ0) is 16.5. The summed E-state index contributed by atoms with van der Waals surface area (Å²) in [7, 11) is 0. The molecule has 1 fully saturated rings. The summed E-state index contributed by atoms with van der Waals surface area (Å²) in [6.45, 7) is 5.68. The normalized spacial score (nSPS) is 22.5. The van der Waals surface area contributed by atoms with Gasteiger partial charge < -0.3 is 4.90 Å². The van der Waals surface area contributed by atoms with E-state index in [0.717, 1.165) is 44.8 Å². The summed E-state index contributed by atoms with van der Waals surface area (Å²) in [5.74, 6) is 1.07. The average Bonchev–Trinajstić information content (AvgIpc) is 3.26. The van der Waals surface area contributed by atoms with E-state index in [1.54, 1.807) is 11.3 Å². The topological polar surface area (TPSA) is 23.6 Å². The summed E-state index contributed by atoms with van der Waals surface area (Å²) in [5.41, 5.74) is 1.41. The van der Waals surface area contributed by atoms with E-state index < -0.39 is 0 Å². The van der Waals surface area contributed by atoms with Crippen molar-refractivity contribution in [3.63, 3.8) is 0 Å². The number of amides is 1. The van der Waals surface area contributed by atoms with Gasteiger partial charge in [-0.1, -0.05) is 13.0 Å². The number of rotatable bonds is 3. The zero-order valence-corrected chi connectivity index (χ0v) is 15.7. The van der Waals surface area contributed by atoms with Crippen molar-refractivity contribution in [2.75, 3.05) is 26.2 Å². The second-order valence-corrected chi connectivity index (χ2v) is 8.98. The Morgan fingerprint density at radius 1 is 1.17 bits per heavy atom. The molecule has 2 aliphatic heterocycles. The Morgan fingerprint density at radius 3 is 2.75 bits per heavy atom. The van der Waals surface area contributed by atoms with Crippen molar-refractivity contribution in [3.05, 3.63) is 44.3 Å². The maximum atomic E-state index is 12.8. The van der Waals surface area contributed by atoms with Crippen molar-refractivity contribution in [1.82, 2.24) is 9.80 Å². The van der Waals surface area contributed by atoms with Gasteiger partial charge in [0.25, 0.3) is 0 Å². The highest BCUT2D eigenvalue weighted by molar-refractivity contribution is 7.10. The van der Waals surface area contributed by atoms with Crippen LogP contribution in [-0.4, -0.2) is 41.9 Å². The first-order valence-corrected chi connectivity index (χ1v) is 10.6. The first kappa shape index (κ1) is 16.3. The fourth-order valence-electron chi connectivity index (χ4n) is 3.85. The number of thiophene rings is 2. The molecule has 2 aromatic rings. The highest BCUT2D eigenvalue weighted by atomic mass is 32.1. The van der Waals surface area contributed by atoms with Crippen molar-refractivity contribution < 1.29 is 4.79 Å². The molecule has 0 radical (unpaired) electrons. The monoisotopic (exact) mass is 360 g/mol. The summed E-state index contributed by atoms with van der Waals surface area (Å²) < 4.78 is 0. The van der Waals surface area contributed by atoms with E-state index in [1.807, 2.05) is 11.3 Å². The number of hydrogen-bond acceptors (Lipinski definition) is 4. The molecule has 0 saturated carbocycles. The van der Waals surface area contributed by atoms with Gasteiger partial charge in [-0.2, -0.15) is 0 Å². The van der Waals surface area contributed by atoms with Gasteiger partial charge in [0.2, 0.25) is 5.91 Å². The van der Waals surface area contributed by atoms with Crippen molar-refractivity contribution in [3.8, 4) is 0 Å². The minimum atomic E-state index is 0.257. The first-order valence-electron chi connectivity index (χ1n) is 8.84. The molecule has 1 saturated heterocycles. The smallest absolute Gasteiger partial charge is 0.236 e. The number of piperidine rings is 1. The number of carbonyl (C=O) groups is 1. The highest BCUT2D eigenvalue weighted by Gasteiger charge is 2.32. The van der Waals surface area contributed by atoms with Crippen LogP contribution in [0.15, 0.2) is 29.0 Å². The Bertz CT molecular complexity index is 686. The number of fused-ring (bicyclic) bond motifs is 1. The molecular formula is C19H24N2OS2. The van der Waals surface area contributed by atoms with Crippen molar-refractivity contribution in [2.24, 2.45) is 5.92 Å². The summed E-state index contributed by atoms with van der Waals surface area (Å²) in [4.78, 5) is 20.1. The molecule has 0 N–H and O–H groups in total. The Hall–Kier alpha value is -1.17. The van der Waals surface area contributed by atoms with Gasteiger partial charge in [0.1, 0.15) is 0 Å². The molecule has 2 aromatic heterocycles. The first-order chi connectivity index (χ1) is 11.7. The Balaban J connectivity index is 1.52. The van der Waals surface area contributed by atoms with E-state index in [1.165, 1.54) is 15.3 Å². The molecule has 0 aliphatic carbocycles. The molecule has 1 unspecified atom stereocenters. The van der Waals surface area contributed by atoms with Gasteiger partial charge in [-0.15, -0.1) is 22.7 Å². The van der Waals surface area contributed by atoms with Gasteiger partial charge >= 0.3 is 0 Å². The van der Waals surface area contributed by atoms with Crippen LogP contribution in [0, 0.1) is 5.92 Å². The van der Waals surface area contributed by atoms with Crippen LogP contribution >= 0.6 is 22.7 Å². The second kappa shape index (κ2) is 6.98. The molecule has 0 spiro atoms. The van der Waals surface area contributed by atoms with Crippen molar-refractivity contribution in [1.29, 1.82) is 0 Å². The molecule has 1 atom stereocenters. The lowest BCUT2D eigenvalue weighted by Gasteiger charge is -2.37. The van der Waals surface area contributed by atoms with Crippen LogP contribution < -0.4 is 0 Å². The van der Waals surface area contributed by atoms with Crippen LogP contribution in [0.3, 0.4) is 0 Å². The molecule has 5 heteroatoms. The lowest BCUT2D eigenvalue weighted by Crippen LogP contribution is -2.46. The lowest BCUT2D eigenvalue weighted by atomic mass is 9.97. The molecule has 3 nitrogen and oxygen atoms in total. The van der Waals surface area contributed by atoms with E-state index >= 15 is 0 Å². The van der Waals surface area contributed by atoms with Crippen LogP contribution in [0.4, 0.5) is 0 Å². The summed E-state index contributed by atoms with van der Waals surface area (Å²) in [5, 5.41) is 4.34. The minimum Gasteiger partial charge on any atom is -0.342 e. The van der Waals surface area contributed by atoms with Crippen LogP contribution in [0.5, 0.6) is 0 Å². The number of likely N-dealkylation sites (tertiary alicyclic amines) is 1. The summed E-state index contributed by atoms with van der Waals surface area (Å²) >= 11 is 3.66. The third kappa shape index (κ3) is 3.17. The highest BCUT2D eigenvalue weighted by Crippen LogP contribution is 2.39. The molecule has 2 aliphatic rings. The predicted octanol–water partition coefficient (Wildman–Crippen LogP) is 4.02. The van der Waals surface area contributed by atoms with Crippen LogP contribution in [-0.2, 0) is 11.2 Å². The maximum Gasteiger partial charge on any atom is 0.236 e. The van der Waals surface area contributed by atoms with Crippen molar-refractivity contribution >= 4 is 28.6 Å². The molecule has 1 amide bonds. The average molecular weight is 361 g/mol. The predicted molar refractivity (Wildman–Crippen MR) is 101 cm³/mol. The molecule has 4 heterocycles. The quantitative estimate of drug-likeness (QED) is 0.825. The van der Waals surface area contributed by atoms with Crippen LogP contribution in [0.2, 0.25) is 0 Å². The Labute approximate surface area is 151 Å². The van der Waals surface area contributed by atoms with Gasteiger partial charge in [-0.25, -0.2) is 0 Å². The van der Waals surface area contributed by atoms with Gasteiger partial charge in [0, 0.05) is 29.4 Å². The van der Waals surface area contributed by atoms with E-state index in [4.69, 9.17) is 0 Å². The van der Waals surface area contributed by atoms with Crippen LogP contribution in [0.25, 0.3) is 0 Å². The number of hydrogen-bond donors (Lipinski definition) is 0. The van der Waals surface area contributed by atoms with Crippen molar-refractivity contribution in [2.45, 2.75) is 32.2 Å². The lowest BCUT2D eigenvalue weighted by molar-refractivity contribution is -0.134. The number of nitrogens with zero attached hydrogens (tertiary/aromatic N) is 2.